The highest BCUT2D eigenvalue weighted by Gasteiger charge is 2.17. The minimum absolute atomic E-state index is 0.228. The van der Waals surface area contributed by atoms with Gasteiger partial charge >= 0.3 is 5.97 Å². The number of hydrogen-bond acceptors (Lipinski definition) is 6. The highest BCUT2D eigenvalue weighted by Crippen LogP contribution is 2.33. The molecule has 0 saturated carbocycles. The lowest BCUT2D eigenvalue weighted by Gasteiger charge is -2.14. The summed E-state index contributed by atoms with van der Waals surface area (Å²) in [6.07, 6.45) is 1.76. The second kappa shape index (κ2) is 10.4. The Hall–Kier alpha value is -3.15. The molecule has 0 aliphatic heterocycles. The SMILES string of the molecule is COc1ccc(/C=C(/C(=O)OCC(C)C)c2ccc(OC)c(OC)c2)cc1OC. The van der Waals surface area contributed by atoms with Crippen LogP contribution in [-0.2, 0) is 9.53 Å². The molecule has 0 radical (unpaired) electrons. The average molecular weight is 400 g/mol. The molecule has 2 aromatic carbocycles. The molecule has 0 fully saturated rings. The van der Waals surface area contributed by atoms with Crippen LogP contribution < -0.4 is 18.9 Å². The maximum Gasteiger partial charge on any atom is 0.338 e. The summed E-state index contributed by atoms with van der Waals surface area (Å²) in [7, 11) is 6.26. The van der Waals surface area contributed by atoms with Crippen LogP contribution in [0.5, 0.6) is 23.0 Å². The first-order chi connectivity index (χ1) is 13.9. The van der Waals surface area contributed by atoms with E-state index in [0.717, 1.165) is 5.56 Å². The van der Waals surface area contributed by atoms with E-state index in [0.29, 0.717) is 40.7 Å². The minimum atomic E-state index is -0.416. The molecule has 0 aliphatic carbocycles. The predicted molar refractivity (Wildman–Crippen MR) is 113 cm³/mol. The summed E-state index contributed by atoms with van der Waals surface area (Å²) in [6, 6.07) is 10.7. The molecule has 0 bridgehead atoms. The molecule has 2 aromatic rings. The van der Waals surface area contributed by atoms with Gasteiger partial charge in [0, 0.05) is 0 Å². The summed E-state index contributed by atoms with van der Waals surface area (Å²) in [4.78, 5) is 12.9. The summed E-state index contributed by atoms with van der Waals surface area (Å²) in [5.74, 6) is 2.10. The van der Waals surface area contributed by atoms with Crippen molar-refractivity contribution < 1.29 is 28.5 Å². The summed E-state index contributed by atoms with van der Waals surface area (Å²) in [6.45, 7) is 4.30. The number of carbonyl (C=O) groups is 1. The summed E-state index contributed by atoms with van der Waals surface area (Å²) < 4.78 is 26.8. The Balaban J connectivity index is 2.53. The van der Waals surface area contributed by atoms with Crippen molar-refractivity contribution in [2.24, 2.45) is 5.92 Å². The number of carbonyl (C=O) groups excluding carboxylic acids is 1. The normalized spacial score (nSPS) is 11.2. The molecule has 0 aromatic heterocycles. The maximum atomic E-state index is 12.9. The number of benzene rings is 2. The quantitative estimate of drug-likeness (QED) is 0.352. The van der Waals surface area contributed by atoms with Gasteiger partial charge in [-0.15, -0.1) is 0 Å². The highest BCUT2D eigenvalue weighted by atomic mass is 16.5. The molecule has 0 N–H and O–H groups in total. The summed E-state index contributed by atoms with van der Waals surface area (Å²) in [5, 5.41) is 0. The van der Waals surface area contributed by atoms with Crippen LogP contribution in [0, 0.1) is 5.92 Å². The third-order valence-corrected chi connectivity index (χ3v) is 4.18. The van der Waals surface area contributed by atoms with E-state index < -0.39 is 5.97 Å². The smallest absolute Gasteiger partial charge is 0.338 e. The van der Waals surface area contributed by atoms with E-state index in [9.17, 15) is 4.79 Å². The van der Waals surface area contributed by atoms with E-state index in [2.05, 4.69) is 0 Å². The van der Waals surface area contributed by atoms with Gasteiger partial charge in [-0.05, 0) is 47.4 Å². The molecule has 0 amide bonds. The van der Waals surface area contributed by atoms with Crippen molar-refractivity contribution >= 4 is 17.6 Å². The van der Waals surface area contributed by atoms with Crippen molar-refractivity contribution in [2.45, 2.75) is 13.8 Å². The van der Waals surface area contributed by atoms with Crippen molar-refractivity contribution in [2.75, 3.05) is 35.0 Å². The van der Waals surface area contributed by atoms with E-state index in [1.54, 1.807) is 64.8 Å². The van der Waals surface area contributed by atoms with E-state index in [1.165, 1.54) is 0 Å². The van der Waals surface area contributed by atoms with Crippen molar-refractivity contribution in [3.8, 4) is 23.0 Å². The van der Waals surface area contributed by atoms with Crippen LogP contribution in [0.15, 0.2) is 36.4 Å². The fourth-order valence-corrected chi connectivity index (χ4v) is 2.69. The Morgan fingerprint density at radius 1 is 0.828 bits per heavy atom. The second-order valence-corrected chi connectivity index (χ2v) is 6.73. The third-order valence-electron chi connectivity index (χ3n) is 4.18. The van der Waals surface area contributed by atoms with E-state index in [1.807, 2.05) is 19.9 Å². The van der Waals surface area contributed by atoms with Crippen LogP contribution in [0.1, 0.15) is 25.0 Å². The lowest BCUT2D eigenvalue weighted by atomic mass is 10.0. The number of methoxy groups -OCH3 is 4. The molecule has 2 rings (SSSR count). The molecule has 6 heteroatoms. The minimum Gasteiger partial charge on any atom is -0.493 e. The fraction of sp³-hybridized carbons (Fsp3) is 0.348. The molecule has 6 nitrogen and oxygen atoms in total. The zero-order chi connectivity index (χ0) is 21.4. The molecule has 156 valence electrons. The highest BCUT2D eigenvalue weighted by molar-refractivity contribution is 6.21. The lowest BCUT2D eigenvalue weighted by molar-refractivity contribution is -0.137. The van der Waals surface area contributed by atoms with Crippen molar-refractivity contribution in [1.29, 1.82) is 0 Å². The van der Waals surface area contributed by atoms with Crippen LogP contribution >= 0.6 is 0 Å². The van der Waals surface area contributed by atoms with E-state index in [-0.39, 0.29) is 5.92 Å². The molecular formula is C23H28O6. The van der Waals surface area contributed by atoms with Crippen molar-refractivity contribution in [3.63, 3.8) is 0 Å². The number of esters is 1. The molecule has 0 atom stereocenters. The monoisotopic (exact) mass is 400 g/mol. The Morgan fingerprint density at radius 2 is 1.38 bits per heavy atom. The van der Waals surface area contributed by atoms with E-state index >= 15 is 0 Å². The standard InChI is InChI=1S/C23H28O6/c1-15(2)14-29-23(24)18(17-8-10-20(26-4)22(13-17)28-6)11-16-7-9-19(25-3)21(12-16)27-5/h7-13,15H,14H2,1-6H3/b18-11+. The largest absolute Gasteiger partial charge is 0.493 e. The van der Waals surface area contributed by atoms with Gasteiger partial charge in [0.2, 0.25) is 0 Å². The first-order valence-electron chi connectivity index (χ1n) is 9.26. The number of hydrogen-bond donors (Lipinski definition) is 0. The van der Waals surface area contributed by atoms with Gasteiger partial charge in [-0.2, -0.15) is 0 Å². The second-order valence-electron chi connectivity index (χ2n) is 6.73. The van der Waals surface area contributed by atoms with Gasteiger partial charge in [0.05, 0.1) is 40.6 Å². The van der Waals surface area contributed by atoms with Gasteiger partial charge < -0.3 is 23.7 Å². The molecule has 29 heavy (non-hydrogen) atoms. The average Bonchev–Trinajstić information content (AvgIpc) is 2.74. The molecule has 0 aliphatic rings. The van der Waals surface area contributed by atoms with Crippen molar-refractivity contribution in [1.82, 2.24) is 0 Å². The Labute approximate surface area is 172 Å². The third kappa shape index (κ3) is 5.67. The van der Waals surface area contributed by atoms with Gasteiger partial charge in [-0.1, -0.05) is 26.0 Å². The van der Waals surface area contributed by atoms with Crippen LogP contribution in [0.4, 0.5) is 0 Å². The predicted octanol–water partition coefficient (Wildman–Crippen LogP) is 4.46. The van der Waals surface area contributed by atoms with Gasteiger partial charge in [-0.3, -0.25) is 0 Å². The molecular weight excluding hydrogens is 372 g/mol. The van der Waals surface area contributed by atoms with E-state index in [4.69, 9.17) is 23.7 Å². The van der Waals surface area contributed by atoms with Crippen LogP contribution in [-0.4, -0.2) is 41.0 Å². The zero-order valence-electron chi connectivity index (χ0n) is 17.8. The van der Waals surface area contributed by atoms with Gasteiger partial charge in [0.1, 0.15) is 0 Å². The number of ether oxygens (including phenoxy) is 5. The van der Waals surface area contributed by atoms with Gasteiger partial charge in [0.15, 0.2) is 23.0 Å². The molecule has 0 saturated heterocycles. The Bertz CT molecular complexity index is 870. The topological polar surface area (TPSA) is 63.2 Å². The Morgan fingerprint density at radius 3 is 1.93 bits per heavy atom. The van der Waals surface area contributed by atoms with Crippen LogP contribution in [0.2, 0.25) is 0 Å². The first-order valence-corrected chi connectivity index (χ1v) is 9.26. The molecule has 0 spiro atoms. The van der Waals surface area contributed by atoms with Crippen LogP contribution in [0.25, 0.3) is 11.6 Å². The summed E-state index contributed by atoms with van der Waals surface area (Å²) >= 11 is 0. The molecule has 0 unspecified atom stereocenters. The van der Waals surface area contributed by atoms with Crippen molar-refractivity contribution in [3.05, 3.63) is 47.5 Å². The molecule has 0 heterocycles. The lowest BCUT2D eigenvalue weighted by Crippen LogP contribution is -2.12. The van der Waals surface area contributed by atoms with Crippen LogP contribution in [0.3, 0.4) is 0 Å². The first kappa shape index (κ1) is 22.1. The zero-order valence-corrected chi connectivity index (χ0v) is 17.8. The fourth-order valence-electron chi connectivity index (χ4n) is 2.69. The summed E-state index contributed by atoms with van der Waals surface area (Å²) in [5.41, 5.74) is 1.83. The maximum absolute atomic E-state index is 12.9. The Kier molecular flexibility index (Phi) is 7.95. The van der Waals surface area contributed by atoms with Gasteiger partial charge in [-0.25, -0.2) is 4.79 Å². The van der Waals surface area contributed by atoms with Gasteiger partial charge in [0.25, 0.3) is 0 Å². The number of rotatable bonds is 9.